The van der Waals surface area contributed by atoms with E-state index in [0.29, 0.717) is 53.5 Å². The lowest BCUT2D eigenvalue weighted by Crippen LogP contribution is -2.43. The number of ether oxygens (including phenoxy) is 4. The molecule has 1 aromatic carbocycles. The molecule has 3 rings (SSSR count). The SMILES string of the molecule is CCOCCOC(=O)C1=C(C)NC2=C(C(=O)[C@H](C(=O)OC)[C@@H](C)C2)[C@@H]1c1ccccc1OCC. The maximum atomic E-state index is 13.8. The molecule has 0 unspecified atom stereocenters. The van der Waals surface area contributed by atoms with Gasteiger partial charge in [0.25, 0.3) is 0 Å². The van der Waals surface area contributed by atoms with Crippen LogP contribution in [-0.4, -0.2) is 51.3 Å². The molecule has 8 heteroatoms. The summed E-state index contributed by atoms with van der Waals surface area (Å²) in [6, 6.07) is 7.32. The van der Waals surface area contributed by atoms with Gasteiger partial charge in [0.1, 0.15) is 18.3 Å². The van der Waals surface area contributed by atoms with Crippen molar-refractivity contribution < 1.29 is 33.3 Å². The average molecular weight is 472 g/mol. The minimum atomic E-state index is -0.944. The van der Waals surface area contributed by atoms with E-state index in [4.69, 9.17) is 18.9 Å². The Hall–Kier alpha value is -3.13. The van der Waals surface area contributed by atoms with Crippen LogP contribution in [0.1, 0.15) is 45.6 Å². The third-order valence-electron chi connectivity index (χ3n) is 6.16. The lowest BCUT2D eigenvalue weighted by Gasteiger charge is -2.38. The summed E-state index contributed by atoms with van der Waals surface area (Å²) in [5, 5.41) is 3.25. The number of carbonyl (C=O) groups is 3. The minimum Gasteiger partial charge on any atom is -0.494 e. The second-order valence-electron chi connectivity index (χ2n) is 8.34. The molecule has 3 atom stereocenters. The van der Waals surface area contributed by atoms with E-state index in [1.54, 1.807) is 6.92 Å². The molecule has 0 fully saturated rings. The fourth-order valence-electron chi connectivity index (χ4n) is 4.68. The molecule has 1 aromatic rings. The summed E-state index contributed by atoms with van der Waals surface area (Å²) in [7, 11) is 1.28. The lowest BCUT2D eigenvalue weighted by atomic mass is 9.69. The summed E-state index contributed by atoms with van der Waals surface area (Å²) < 4.78 is 21.6. The fraction of sp³-hybridized carbons (Fsp3) is 0.500. The van der Waals surface area contributed by atoms with Crippen LogP contribution in [0.5, 0.6) is 5.75 Å². The lowest BCUT2D eigenvalue weighted by molar-refractivity contribution is -0.151. The number of para-hydroxylation sites is 1. The van der Waals surface area contributed by atoms with E-state index in [0.717, 1.165) is 0 Å². The highest BCUT2D eigenvalue weighted by atomic mass is 16.6. The number of allylic oxidation sites excluding steroid dienone is 3. The first-order valence-electron chi connectivity index (χ1n) is 11.6. The Bertz CT molecular complexity index is 1010. The van der Waals surface area contributed by atoms with Gasteiger partial charge < -0.3 is 24.3 Å². The van der Waals surface area contributed by atoms with Crippen molar-refractivity contribution in [1.82, 2.24) is 5.32 Å². The summed E-state index contributed by atoms with van der Waals surface area (Å²) in [5.41, 5.74) is 2.67. The van der Waals surface area contributed by atoms with Crippen molar-refractivity contribution in [2.75, 3.05) is 33.5 Å². The monoisotopic (exact) mass is 471 g/mol. The summed E-state index contributed by atoms with van der Waals surface area (Å²) >= 11 is 0. The largest absolute Gasteiger partial charge is 0.494 e. The molecule has 1 aliphatic heterocycles. The van der Waals surface area contributed by atoms with Gasteiger partial charge in [0.2, 0.25) is 0 Å². The molecular formula is C26H33NO7. The van der Waals surface area contributed by atoms with E-state index < -0.39 is 23.8 Å². The fourth-order valence-corrected chi connectivity index (χ4v) is 4.68. The Morgan fingerprint density at radius 1 is 1.12 bits per heavy atom. The van der Waals surface area contributed by atoms with Gasteiger partial charge in [-0.05, 0) is 39.2 Å². The van der Waals surface area contributed by atoms with Crippen molar-refractivity contribution in [3.63, 3.8) is 0 Å². The van der Waals surface area contributed by atoms with Crippen LogP contribution in [0.15, 0.2) is 46.8 Å². The predicted molar refractivity (Wildman–Crippen MR) is 125 cm³/mol. The molecule has 0 amide bonds. The van der Waals surface area contributed by atoms with Crippen LogP contribution in [0.4, 0.5) is 0 Å². The molecule has 1 N–H and O–H groups in total. The number of Topliss-reactive ketones (excluding diaryl/α,β-unsaturated/α-hetero) is 1. The molecule has 0 spiro atoms. The normalized spacial score (nSPS) is 22.1. The third-order valence-corrected chi connectivity index (χ3v) is 6.16. The number of nitrogens with one attached hydrogen (secondary N) is 1. The molecule has 1 aliphatic carbocycles. The van der Waals surface area contributed by atoms with E-state index in [2.05, 4.69) is 5.32 Å². The molecule has 8 nitrogen and oxygen atoms in total. The predicted octanol–water partition coefficient (Wildman–Crippen LogP) is 3.28. The molecule has 184 valence electrons. The average Bonchev–Trinajstić information content (AvgIpc) is 2.81. The Balaban J connectivity index is 2.13. The Kier molecular flexibility index (Phi) is 8.50. The van der Waals surface area contributed by atoms with Crippen molar-refractivity contribution in [3.05, 3.63) is 52.4 Å². The summed E-state index contributed by atoms with van der Waals surface area (Å²) in [6.07, 6.45) is 0.470. The molecule has 0 aromatic heterocycles. The Labute approximate surface area is 200 Å². The number of carbonyl (C=O) groups excluding carboxylic acids is 3. The quantitative estimate of drug-likeness (QED) is 0.333. The number of rotatable bonds is 9. The maximum Gasteiger partial charge on any atom is 0.336 e. The van der Waals surface area contributed by atoms with Crippen LogP contribution < -0.4 is 10.1 Å². The summed E-state index contributed by atoms with van der Waals surface area (Å²) in [6.45, 7) is 8.67. The van der Waals surface area contributed by atoms with Crippen molar-refractivity contribution >= 4 is 17.7 Å². The van der Waals surface area contributed by atoms with Crippen LogP contribution in [0.25, 0.3) is 0 Å². The number of methoxy groups -OCH3 is 1. The highest BCUT2D eigenvalue weighted by molar-refractivity contribution is 6.12. The zero-order valence-electron chi connectivity index (χ0n) is 20.4. The van der Waals surface area contributed by atoms with E-state index >= 15 is 0 Å². The van der Waals surface area contributed by atoms with Gasteiger partial charge in [-0.3, -0.25) is 9.59 Å². The highest BCUT2D eigenvalue weighted by Crippen LogP contribution is 2.47. The first-order valence-corrected chi connectivity index (χ1v) is 11.6. The minimum absolute atomic E-state index is 0.0882. The smallest absolute Gasteiger partial charge is 0.336 e. The van der Waals surface area contributed by atoms with Crippen molar-refractivity contribution in [1.29, 1.82) is 0 Å². The molecule has 1 heterocycles. The van der Waals surface area contributed by atoms with Gasteiger partial charge >= 0.3 is 11.9 Å². The van der Waals surface area contributed by atoms with Crippen molar-refractivity contribution in [2.45, 2.75) is 40.0 Å². The molecule has 0 bridgehead atoms. The first kappa shape index (κ1) is 25.5. The van der Waals surface area contributed by atoms with Crippen LogP contribution >= 0.6 is 0 Å². The van der Waals surface area contributed by atoms with Crippen LogP contribution in [0.3, 0.4) is 0 Å². The van der Waals surface area contributed by atoms with Crippen LogP contribution in [0, 0.1) is 11.8 Å². The van der Waals surface area contributed by atoms with Crippen LogP contribution in [0.2, 0.25) is 0 Å². The van der Waals surface area contributed by atoms with Gasteiger partial charge in [-0.1, -0.05) is 25.1 Å². The number of hydrogen-bond donors (Lipinski definition) is 1. The third kappa shape index (κ3) is 5.01. The van der Waals surface area contributed by atoms with E-state index in [1.165, 1.54) is 7.11 Å². The maximum absolute atomic E-state index is 13.8. The van der Waals surface area contributed by atoms with Gasteiger partial charge in [0.15, 0.2) is 5.78 Å². The highest BCUT2D eigenvalue weighted by Gasteiger charge is 2.47. The second kappa shape index (κ2) is 11.3. The van der Waals surface area contributed by atoms with Gasteiger partial charge in [-0.25, -0.2) is 4.79 Å². The number of esters is 2. The van der Waals surface area contributed by atoms with Crippen molar-refractivity contribution in [2.24, 2.45) is 11.8 Å². The van der Waals surface area contributed by atoms with E-state index in [1.807, 2.05) is 45.0 Å². The topological polar surface area (TPSA) is 100 Å². The van der Waals surface area contributed by atoms with E-state index in [9.17, 15) is 14.4 Å². The summed E-state index contributed by atoms with van der Waals surface area (Å²) in [4.78, 5) is 39.6. The van der Waals surface area contributed by atoms with Gasteiger partial charge in [-0.2, -0.15) is 0 Å². The zero-order chi connectivity index (χ0) is 24.8. The van der Waals surface area contributed by atoms with Gasteiger partial charge in [-0.15, -0.1) is 0 Å². The second-order valence-corrected chi connectivity index (χ2v) is 8.34. The first-order chi connectivity index (χ1) is 16.3. The summed E-state index contributed by atoms with van der Waals surface area (Å²) in [5.74, 6) is -2.84. The zero-order valence-corrected chi connectivity index (χ0v) is 20.4. The molecule has 2 aliphatic rings. The molecule has 0 saturated heterocycles. The Morgan fingerprint density at radius 3 is 2.53 bits per heavy atom. The van der Waals surface area contributed by atoms with Crippen LogP contribution in [-0.2, 0) is 28.6 Å². The van der Waals surface area contributed by atoms with Gasteiger partial charge in [0, 0.05) is 29.1 Å². The number of hydrogen-bond acceptors (Lipinski definition) is 8. The standard InChI is InChI=1S/C26H33NO7/c1-6-32-12-13-34-26(30)21-16(4)27-18-14-15(3)20(25(29)31-5)24(28)23(18)22(21)17-10-8-9-11-19(17)33-7-2/h8-11,15,20,22,27H,6-7,12-14H2,1-5H3/t15-,20+,22+/m0/s1. The number of ketones is 1. The Morgan fingerprint density at radius 2 is 1.85 bits per heavy atom. The van der Waals surface area contributed by atoms with E-state index in [-0.39, 0.29) is 24.9 Å². The number of benzene rings is 1. The van der Waals surface area contributed by atoms with Gasteiger partial charge in [0.05, 0.1) is 31.8 Å². The molecule has 34 heavy (non-hydrogen) atoms. The molecular weight excluding hydrogens is 438 g/mol. The van der Waals surface area contributed by atoms with Crippen molar-refractivity contribution in [3.8, 4) is 5.75 Å². The molecule has 0 radical (unpaired) electrons. The molecule has 0 saturated carbocycles. The number of dihydropyridines is 1.